The highest BCUT2D eigenvalue weighted by molar-refractivity contribution is 6.32. The topological polar surface area (TPSA) is 69.9 Å². The highest BCUT2D eigenvalue weighted by Gasteiger charge is 2.16. The molecule has 0 spiro atoms. The molecule has 2 heterocycles. The number of hydrogen-bond acceptors (Lipinski definition) is 5. The van der Waals surface area contributed by atoms with Crippen LogP contribution in [0.15, 0.2) is 30.3 Å². The number of nitrogens with zero attached hydrogens (tertiary/aromatic N) is 4. The van der Waals surface area contributed by atoms with Gasteiger partial charge in [-0.3, -0.25) is 9.78 Å². The molecule has 0 atom stereocenters. The molecule has 0 saturated heterocycles. The summed E-state index contributed by atoms with van der Waals surface area (Å²) in [4.78, 5) is 21.7. The molecular formula is C24H29ClN4O2. The second-order valence-electron chi connectivity index (χ2n) is 7.95. The maximum atomic E-state index is 12.7. The lowest BCUT2D eigenvalue weighted by Crippen LogP contribution is -2.11. The number of ketones is 1. The predicted molar refractivity (Wildman–Crippen MR) is 123 cm³/mol. The van der Waals surface area contributed by atoms with E-state index in [0.717, 1.165) is 22.5 Å². The van der Waals surface area contributed by atoms with Crippen LogP contribution in [0.1, 0.15) is 50.0 Å². The molecule has 0 radical (unpaired) electrons. The Morgan fingerprint density at radius 1 is 1.13 bits per heavy atom. The Labute approximate surface area is 188 Å². The summed E-state index contributed by atoms with van der Waals surface area (Å²) in [6, 6.07) is 9.56. The summed E-state index contributed by atoms with van der Waals surface area (Å²) in [5, 5.41) is 5.14. The summed E-state index contributed by atoms with van der Waals surface area (Å²) >= 11 is 6.25. The number of pyridine rings is 1. The van der Waals surface area contributed by atoms with Gasteiger partial charge in [-0.2, -0.15) is 5.10 Å². The zero-order valence-electron chi connectivity index (χ0n) is 18.8. The van der Waals surface area contributed by atoms with Crippen molar-refractivity contribution in [3.05, 3.63) is 58.1 Å². The minimum Gasteiger partial charge on any atom is -0.489 e. The van der Waals surface area contributed by atoms with E-state index in [1.807, 2.05) is 58.9 Å². The van der Waals surface area contributed by atoms with Crippen LogP contribution >= 0.6 is 11.6 Å². The molecule has 1 aromatic carbocycles. The van der Waals surface area contributed by atoms with Crippen molar-refractivity contribution < 1.29 is 9.53 Å². The molecule has 3 rings (SSSR count). The molecule has 0 bridgehead atoms. The van der Waals surface area contributed by atoms with Gasteiger partial charge in [-0.15, -0.1) is 0 Å². The van der Waals surface area contributed by atoms with Crippen LogP contribution in [0.25, 0.3) is 11.4 Å². The van der Waals surface area contributed by atoms with Gasteiger partial charge in [0.05, 0.1) is 17.5 Å². The van der Waals surface area contributed by atoms with E-state index in [9.17, 15) is 4.79 Å². The van der Waals surface area contributed by atoms with Crippen molar-refractivity contribution in [2.45, 2.75) is 66.5 Å². The molecule has 0 aliphatic heterocycles. The van der Waals surface area contributed by atoms with Crippen molar-refractivity contribution in [3.8, 4) is 17.1 Å². The van der Waals surface area contributed by atoms with E-state index in [-0.39, 0.29) is 18.3 Å². The third-order valence-corrected chi connectivity index (χ3v) is 5.10. The van der Waals surface area contributed by atoms with Crippen LogP contribution in [0, 0.1) is 13.8 Å². The van der Waals surface area contributed by atoms with Crippen molar-refractivity contribution >= 4 is 17.4 Å². The second kappa shape index (κ2) is 10.1. The highest BCUT2D eigenvalue weighted by atomic mass is 35.5. The van der Waals surface area contributed by atoms with E-state index < -0.39 is 0 Å². The van der Waals surface area contributed by atoms with Crippen LogP contribution in [0.5, 0.6) is 5.75 Å². The van der Waals surface area contributed by atoms with Gasteiger partial charge in [0.1, 0.15) is 17.4 Å². The van der Waals surface area contributed by atoms with Crippen molar-refractivity contribution in [2.75, 3.05) is 0 Å². The van der Waals surface area contributed by atoms with Gasteiger partial charge in [-0.25, -0.2) is 9.67 Å². The smallest absolute Gasteiger partial charge is 0.181 e. The first kappa shape index (κ1) is 22.9. The van der Waals surface area contributed by atoms with E-state index in [1.54, 1.807) is 10.7 Å². The van der Waals surface area contributed by atoms with Crippen LogP contribution in [-0.2, 0) is 24.2 Å². The standard InChI is InChI=1S/C24H29ClN4O2/c1-6-29-23(14-20(30)9-7-18-11-16(4)26-17(5)12-18)27-24(28-29)19-8-10-21(25)22(13-19)31-15(2)3/h8,10-13,15H,6-7,9,14H2,1-5H3. The van der Waals surface area contributed by atoms with Crippen LogP contribution in [0.2, 0.25) is 5.02 Å². The van der Waals surface area contributed by atoms with Crippen molar-refractivity contribution in [1.82, 2.24) is 19.7 Å². The molecule has 0 N–H and O–H groups in total. The summed E-state index contributed by atoms with van der Waals surface area (Å²) in [5.41, 5.74) is 3.89. The third kappa shape index (κ3) is 6.14. The number of aryl methyl sites for hydroxylation is 4. The lowest BCUT2D eigenvalue weighted by Gasteiger charge is -2.11. The molecule has 0 unspecified atom stereocenters. The quantitative estimate of drug-likeness (QED) is 0.459. The Bertz CT molecular complexity index is 1060. The van der Waals surface area contributed by atoms with Crippen molar-refractivity contribution in [3.63, 3.8) is 0 Å². The molecule has 6 nitrogen and oxygen atoms in total. The molecule has 0 aliphatic rings. The van der Waals surface area contributed by atoms with Crippen LogP contribution < -0.4 is 4.74 Å². The first-order valence-electron chi connectivity index (χ1n) is 10.6. The minimum atomic E-state index is 0.00932. The molecule has 0 saturated carbocycles. The number of rotatable bonds is 9. The Balaban J connectivity index is 1.73. The third-order valence-electron chi connectivity index (χ3n) is 4.79. The number of carbonyl (C=O) groups excluding carboxylic acids is 1. The van der Waals surface area contributed by atoms with E-state index in [2.05, 4.69) is 15.1 Å². The summed E-state index contributed by atoms with van der Waals surface area (Å²) in [6.07, 6.45) is 1.42. The molecule has 3 aromatic rings. The van der Waals surface area contributed by atoms with Gasteiger partial charge in [0, 0.05) is 29.9 Å². The fraction of sp³-hybridized carbons (Fsp3) is 0.417. The van der Waals surface area contributed by atoms with Gasteiger partial charge in [-0.1, -0.05) is 11.6 Å². The zero-order valence-corrected chi connectivity index (χ0v) is 19.5. The van der Waals surface area contributed by atoms with Crippen molar-refractivity contribution in [2.24, 2.45) is 0 Å². The SMILES string of the molecule is CCn1nc(-c2ccc(Cl)c(OC(C)C)c2)nc1CC(=O)CCc1cc(C)nc(C)c1. The average molecular weight is 441 g/mol. The average Bonchev–Trinajstić information content (AvgIpc) is 3.10. The normalized spacial score (nSPS) is 11.2. The molecule has 0 aliphatic carbocycles. The van der Waals surface area contributed by atoms with E-state index in [1.165, 1.54) is 0 Å². The fourth-order valence-corrected chi connectivity index (χ4v) is 3.64. The van der Waals surface area contributed by atoms with Crippen molar-refractivity contribution in [1.29, 1.82) is 0 Å². The lowest BCUT2D eigenvalue weighted by atomic mass is 10.1. The summed E-state index contributed by atoms with van der Waals surface area (Å²) in [7, 11) is 0. The molecule has 0 amide bonds. The second-order valence-corrected chi connectivity index (χ2v) is 8.36. The first-order chi connectivity index (χ1) is 14.7. The predicted octanol–water partition coefficient (Wildman–Crippen LogP) is 5.16. The van der Waals surface area contributed by atoms with Crippen LogP contribution in [0.4, 0.5) is 0 Å². The number of aromatic nitrogens is 4. The van der Waals surface area contributed by atoms with Gasteiger partial charge >= 0.3 is 0 Å². The minimum absolute atomic E-state index is 0.00932. The van der Waals surface area contributed by atoms with Gasteiger partial charge in [0.25, 0.3) is 0 Å². The number of halogens is 1. The highest BCUT2D eigenvalue weighted by Crippen LogP contribution is 2.30. The molecule has 2 aromatic heterocycles. The number of carbonyl (C=O) groups is 1. The van der Waals surface area contributed by atoms with Gasteiger partial charge in [-0.05, 0) is 76.9 Å². The van der Waals surface area contributed by atoms with E-state index in [4.69, 9.17) is 16.3 Å². The number of hydrogen-bond donors (Lipinski definition) is 0. The Kier molecular flexibility index (Phi) is 7.44. The Morgan fingerprint density at radius 2 is 1.84 bits per heavy atom. The van der Waals surface area contributed by atoms with Gasteiger partial charge in [0.15, 0.2) is 5.82 Å². The Morgan fingerprint density at radius 3 is 2.48 bits per heavy atom. The zero-order chi connectivity index (χ0) is 22.5. The van der Waals surface area contributed by atoms with Gasteiger partial charge < -0.3 is 4.74 Å². The molecule has 0 fully saturated rings. The number of Topliss-reactive ketones (excluding diaryl/α,β-unsaturated/α-hetero) is 1. The molecule has 31 heavy (non-hydrogen) atoms. The fourth-order valence-electron chi connectivity index (χ4n) is 3.48. The monoisotopic (exact) mass is 440 g/mol. The summed E-state index contributed by atoms with van der Waals surface area (Å²) in [5.74, 6) is 1.98. The van der Waals surface area contributed by atoms with Gasteiger partial charge in [0.2, 0.25) is 0 Å². The summed E-state index contributed by atoms with van der Waals surface area (Å²) in [6.45, 7) is 10.5. The van der Waals surface area contributed by atoms with E-state index >= 15 is 0 Å². The van der Waals surface area contributed by atoms with E-state index in [0.29, 0.717) is 41.8 Å². The van der Waals surface area contributed by atoms with Crippen LogP contribution in [-0.4, -0.2) is 31.6 Å². The maximum absolute atomic E-state index is 12.7. The first-order valence-corrected chi connectivity index (χ1v) is 11.0. The van der Waals surface area contributed by atoms with Crippen LogP contribution in [0.3, 0.4) is 0 Å². The molecular weight excluding hydrogens is 412 g/mol. The molecule has 164 valence electrons. The lowest BCUT2D eigenvalue weighted by molar-refractivity contribution is -0.118. The summed E-state index contributed by atoms with van der Waals surface area (Å²) < 4.78 is 7.56. The number of ether oxygens (including phenoxy) is 1. The molecule has 7 heteroatoms. The number of benzene rings is 1. The Hall–Kier alpha value is -2.73. The largest absolute Gasteiger partial charge is 0.489 e. The maximum Gasteiger partial charge on any atom is 0.181 e.